The molecule has 1 N–H and O–H groups in total. The number of aliphatic hydroxyl groups is 1. The van der Waals surface area contributed by atoms with Gasteiger partial charge in [-0.15, -0.1) is 0 Å². The number of β-amino-alcohol motifs (C(OH)–C–C–N with tert-alkyl or cyclic N) is 1. The topological polar surface area (TPSA) is 41.9 Å². The van der Waals surface area contributed by atoms with Crippen molar-refractivity contribution in [1.82, 2.24) is 4.90 Å². The lowest BCUT2D eigenvalue weighted by molar-refractivity contribution is -0.186. The zero-order valence-electron chi connectivity index (χ0n) is 11.7. The number of nitrogens with zero attached hydrogens (tertiary/aromatic N) is 1. The number of halogens is 2. The molecule has 1 aromatic carbocycles. The van der Waals surface area contributed by atoms with Gasteiger partial charge in [0.1, 0.15) is 0 Å². The van der Waals surface area contributed by atoms with Gasteiger partial charge in [0.05, 0.1) is 19.3 Å². The third-order valence-electron chi connectivity index (χ3n) is 4.19. The van der Waals surface area contributed by atoms with E-state index in [0.29, 0.717) is 25.3 Å². The number of benzene rings is 1. The molecule has 0 aromatic heterocycles. The van der Waals surface area contributed by atoms with Gasteiger partial charge in [0.15, 0.2) is 17.4 Å². The van der Waals surface area contributed by atoms with E-state index in [2.05, 4.69) is 4.90 Å². The molecule has 2 saturated heterocycles. The van der Waals surface area contributed by atoms with Gasteiger partial charge < -0.3 is 19.5 Å². The Morgan fingerprint density at radius 1 is 1.14 bits per heavy atom. The van der Waals surface area contributed by atoms with Gasteiger partial charge in [-0.2, -0.15) is 0 Å². The van der Waals surface area contributed by atoms with Crippen molar-refractivity contribution in [1.29, 1.82) is 0 Å². The van der Waals surface area contributed by atoms with E-state index >= 15 is 0 Å². The van der Waals surface area contributed by atoms with Gasteiger partial charge in [-0.25, -0.2) is 8.78 Å². The lowest BCUT2D eigenvalue weighted by atomic mass is 10.0. The summed E-state index contributed by atoms with van der Waals surface area (Å²) in [6.45, 7) is 3.16. The van der Waals surface area contributed by atoms with E-state index in [-0.39, 0.29) is 0 Å². The van der Waals surface area contributed by atoms with E-state index in [1.54, 1.807) is 0 Å². The van der Waals surface area contributed by atoms with Crippen LogP contribution in [0, 0.1) is 11.6 Å². The van der Waals surface area contributed by atoms with E-state index in [4.69, 9.17) is 9.47 Å². The van der Waals surface area contributed by atoms with Crippen molar-refractivity contribution in [2.45, 2.75) is 24.7 Å². The maximum atomic E-state index is 13.2. The second-order valence-electron chi connectivity index (χ2n) is 5.60. The molecule has 2 fully saturated rings. The Morgan fingerprint density at radius 3 is 2.43 bits per heavy atom. The highest BCUT2D eigenvalue weighted by Crippen LogP contribution is 2.31. The molecule has 0 aliphatic carbocycles. The predicted molar refractivity (Wildman–Crippen MR) is 71.6 cm³/mol. The molecule has 4 nitrogen and oxygen atoms in total. The first-order valence-corrected chi connectivity index (χ1v) is 7.21. The van der Waals surface area contributed by atoms with Crippen LogP contribution in [0.4, 0.5) is 8.78 Å². The third kappa shape index (κ3) is 3.23. The van der Waals surface area contributed by atoms with Crippen LogP contribution in [0.2, 0.25) is 0 Å². The molecule has 3 rings (SSSR count). The molecule has 1 spiro atoms. The molecular formula is C15H19F2NO3. The van der Waals surface area contributed by atoms with Gasteiger partial charge in [0.25, 0.3) is 0 Å². The molecule has 2 heterocycles. The van der Waals surface area contributed by atoms with Gasteiger partial charge in [0.2, 0.25) is 0 Å². The highest BCUT2D eigenvalue weighted by molar-refractivity contribution is 5.20. The van der Waals surface area contributed by atoms with Crippen LogP contribution < -0.4 is 0 Å². The maximum Gasteiger partial charge on any atom is 0.170 e. The molecule has 6 heteroatoms. The molecule has 0 saturated carbocycles. The fraction of sp³-hybridized carbons (Fsp3) is 0.600. The Morgan fingerprint density at radius 2 is 1.81 bits per heavy atom. The van der Waals surface area contributed by atoms with Crippen LogP contribution in [0.3, 0.4) is 0 Å². The minimum Gasteiger partial charge on any atom is -0.387 e. The summed E-state index contributed by atoms with van der Waals surface area (Å²) in [7, 11) is 0. The molecule has 0 bridgehead atoms. The first kappa shape index (κ1) is 14.8. The van der Waals surface area contributed by atoms with Crippen LogP contribution in [-0.2, 0) is 9.47 Å². The van der Waals surface area contributed by atoms with Crippen LogP contribution in [0.25, 0.3) is 0 Å². The van der Waals surface area contributed by atoms with E-state index in [0.717, 1.165) is 38.1 Å². The smallest absolute Gasteiger partial charge is 0.170 e. The number of rotatable bonds is 3. The highest BCUT2D eigenvalue weighted by Gasteiger charge is 2.39. The Hall–Kier alpha value is -1.08. The normalized spacial score (nSPS) is 23.6. The molecule has 0 amide bonds. The van der Waals surface area contributed by atoms with Crippen molar-refractivity contribution < 1.29 is 23.4 Å². The van der Waals surface area contributed by atoms with Crippen molar-refractivity contribution in [2.75, 3.05) is 32.8 Å². The van der Waals surface area contributed by atoms with Gasteiger partial charge in [0, 0.05) is 32.5 Å². The quantitative estimate of drug-likeness (QED) is 0.925. The Balaban J connectivity index is 1.56. The molecular weight excluding hydrogens is 280 g/mol. The van der Waals surface area contributed by atoms with Crippen molar-refractivity contribution >= 4 is 0 Å². The average molecular weight is 299 g/mol. The summed E-state index contributed by atoms with van der Waals surface area (Å²) in [4.78, 5) is 2.09. The molecule has 0 radical (unpaired) electrons. The second kappa shape index (κ2) is 5.96. The molecule has 1 unspecified atom stereocenters. The molecule has 2 aliphatic rings. The minimum absolute atomic E-state index is 0.390. The lowest BCUT2D eigenvalue weighted by Crippen LogP contribution is -2.46. The summed E-state index contributed by atoms with van der Waals surface area (Å²) < 4.78 is 37.4. The van der Waals surface area contributed by atoms with Gasteiger partial charge >= 0.3 is 0 Å². The first-order chi connectivity index (χ1) is 10.1. The Bertz CT molecular complexity index is 496. The SMILES string of the molecule is OC(CN1CCC2(CC1)OCCO2)c1ccc(F)c(F)c1. The zero-order valence-corrected chi connectivity index (χ0v) is 11.7. The number of aliphatic hydroxyl groups excluding tert-OH is 1. The van der Waals surface area contributed by atoms with Gasteiger partial charge in [-0.3, -0.25) is 0 Å². The molecule has 2 aliphatic heterocycles. The van der Waals surface area contributed by atoms with E-state index in [9.17, 15) is 13.9 Å². The van der Waals surface area contributed by atoms with Crippen molar-refractivity contribution in [3.8, 4) is 0 Å². The van der Waals surface area contributed by atoms with Crippen LogP contribution in [0.15, 0.2) is 18.2 Å². The molecule has 21 heavy (non-hydrogen) atoms. The monoisotopic (exact) mass is 299 g/mol. The van der Waals surface area contributed by atoms with Crippen LogP contribution in [-0.4, -0.2) is 48.6 Å². The predicted octanol–water partition coefficient (Wildman–Crippen LogP) is 1.84. The average Bonchev–Trinajstić information content (AvgIpc) is 2.93. The Kier molecular flexibility index (Phi) is 4.21. The summed E-state index contributed by atoms with van der Waals surface area (Å²) in [6, 6.07) is 3.51. The molecule has 1 atom stereocenters. The number of likely N-dealkylation sites (tertiary alicyclic amines) is 1. The number of piperidine rings is 1. The van der Waals surface area contributed by atoms with Crippen molar-refractivity contribution in [3.05, 3.63) is 35.4 Å². The fourth-order valence-corrected chi connectivity index (χ4v) is 2.93. The minimum atomic E-state index is -0.933. The van der Waals surface area contributed by atoms with Crippen molar-refractivity contribution in [2.24, 2.45) is 0 Å². The van der Waals surface area contributed by atoms with Crippen LogP contribution in [0.1, 0.15) is 24.5 Å². The first-order valence-electron chi connectivity index (χ1n) is 7.21. The van der Waals surface area contributed by atoms with Crippen LogP contribution >= 0.6 is 0 Å². The summed E-state index contributed by atoms with van der Waals surface area (Å²) in [6.07, 6.45) is 0.689. The van der Waals surface area contributed by atoms with Crippen LogP contribution in [0.5, 0.6) is 0 Å². The summed E-state index contributed by atoms with van der Waals surface area (Å²) in [5, 5.41) is 10.2. The van der Waals surface area contributed by atoms with Gasteiger partial charge in [-0.1, -0.05) is 6.07 Å². The van der Waals surface area contributed by atoms with E-state index < -0.39 is 23.5 Å². The van der Waals surface area contributed by atoms with Gasteiger partial charge in [-0.05, 0) is 17.7 Å². The van der Waals surface area contributed by atoms with E-state index in [1.807, 2.05) is 0 Å². The summed E-state index contributed by atoms with van der Waals surface area (Å²) in [5.41, 5.74) is 0.391. The summed E-state index contributed by atoms with van der Waals surface area (Å²) >= 11 is 0. The molecule has 1 aromatic rings. The maximum absolute atomic E-state index is 13.2. The second-order valence-corrected chi connectivity index (χ2v) is 5.60. The fourth-order valence-electron chi connectivity index (χ4n) is 2.93. The van der Waals surface area contributed by atoms with Crippen molar-refractivity contribution in [3.63, 3.8) is 0 Å². The standard InChI is InChI=1S/C15H19F2NO3/c16-12-2-1-11(9-13(12)17)14(19)10-18-5-3-15(4-6-18)20-7-8-21-15/h1-2,9,14,19H,3-8,10H2. The summed E-state index contributed by atoms with van der Waals surface area (Å²) in [5.74, 6) is -2.28. The molecule has 116 valence electrons. The number of ether oxygens (including phenoxy) is 2. The van der Waals surface area contributed by atoms with E-state index in [1.165, 1.54) is 6.07 Å². The zero-order chi connectivity index (χ0) is 14.9. The Labute approximate surface area is 122 Å². The number of hydrogen-bond acceptors (Lipinski definition) is 4. The highest BCUT2D eigenvalue weighted by atomic mass is 19.2. The lowest BCUT2D eigenvalue weighted by Gasteiger charge is -2.38. The largest absolute Gasteiger partial charge is 0.387 e. The third-order valence-corrected chi connectivity index (χ3v) is 4.19. The number of hydrogen-bond donors (Lipinski definition) is 1.